The molecule has 1 amide bonds. The molecule has 3 heterocycles. The summed E-state index contributed by atoms with van der Waals surface area (Å²) in [5.41, 5.74) is 1.22. The third-order valence-corrected chi connectivity index (χ3v) is 5.65. The highest BCUT2D eigenvalue weighted by Gasteiger charge is 2.23. The molecule has 2 fully saturated rings. The molecule has 0 saturated carbocycles. The number of likely N-dealkylation sites (tertiary alicyclic amines) is 1. The van der Waals surface area contributed by atoms with Gasteiger partial charge in [0, 0.05) is 32.7 Å². The Morgan fingerprint density at radius 2 is 1.72 bits per heavy atom. The Labute approximate surface area is 171 Å². The molecule has 29 heavy (non-hydrogen) atoms. The van der Waals surface area contributed by atoms with Crippen LogP contribution < -0.4 is 0 Å². The van der Waals surface area contributed by atoms with Crippen molar-refractivity contribution in [2.75, 3.05) is 45.8 Å². The van der Waals surface area contributed by atoms with E-state index in [1.54, 1.807) is 4.68 Å². The molecule has 1 aromatic carbocycles. The molecule has 154 valence electrons. The van der Waals surface area contributed by atoms with Crippen LogP contribution in [0.25, 0.3) is 6.08 Å². The molecule has 2 aromatic rings. The lowest BCUT2D eigenvalue weighted by atomic mass is 10.2. The van der Waals surface area contributed by atoms with Crippen molar-refractivity contribution >= 4 is 12.0 Å². The molecule has 1 aromatic heterocycles. The van der Waals surface area contributed by atoms with Crippen LogP contribution in [0.15, 0.2) is 36.4 Å². The van der Waals surface area contributed by atoms with Crippen LogP contribution in [0.1, 0.15) is 24.2 Å². The summed E-state index contributed by atoms with van der Waals surface area (Å²) in [6, 6.07) is 10.3. The predicted octanol–water partition coefficient (Wildman–Crippen LogP) is 1.13. The van der Waals surface area contributed by atoms with Gasteiger partial charge in [-0.05, 0) is 41.9 Å². The molecule has 2 aliphatic heterocycles. The van der Waals surface area contributed by atoms with Gasteiger partial charge in [0.1, 0.15) is 6.54 Å². The van der Waals surface area contributed by atoms with E-state index in [0.29, 0.717) is 0 Å². The van der Waals surface area contributed by atoms with Gasteiger partial charge in [0.2, 0.25) is 5.91 Å². The minimum Gasteiger partial charge on any atom is -0.339 e. The second-order valence-corrected chi connectivity index (χ2v) is 7.73. The average molecular weight is 396 g/mol. The Balaban J connectivity index is 1.22. The highest BCUT2D eigenvalue weighted by Crippen LogP contribution is 2.11. The van der Waals surface area contributed by atoms with Crippen molar-refractivity contribution in [3.8, 4) is 0 Å². The van der Waals surface area contributed by atoms with Crippen molar-refractivity contribution in [2.45, 2.75) is 25.9 Å². The Morgan fingerprint density at radius 1 is 0.966 bits per heavy atom. The summed E-state index contributed by atoms with van der Waals surface area (Å²) in [6.07, 6.45) is 6.80. The van der Waals surface area contributed by atoms with Crippen LogP contribution in [-0.2, 0) is 17.9 Å². The summed E-state index contributed by atoms with van der Waals surface area (Å²) < 4.78 is 1.66. The van der Waals surface area contributed by atoms with Crippen LogP contribution in [0.5, 0.6) is 0 Å². The van der Waals surface area contributed by atoms with Crippen molar-refractivity contribution in [3.63, 3.8) is 0 Å². The Bertz CT molecular complexity index is 805. The molecule has 2 saturated heterocycles. The fourth-order valence-electron chi connectivity index (χ4n) is 3.91. The van der Waals surface area contributed by atoms with Crippen LogP contribution in [0.2, 0.25) is 0 Å². The molecule has 2 aliphatic rings. The monoisotopic (exact) mass is 395 g/mol. The quantitative estimate of drug-likeness (QED) is 0.700. The van der Waals surface area contributed by atoms with Gasteiger partial charge in [0.15, 0.2) is 5.82 Å². The lowest BCUT2D eigenvalue weighted by molar-refractivity contribution is -0.133. The number of benzene rings is 1. The maximum absolute atomic E-state index is 12.7. The van der Waals surface area contributed by atoms with Gasteiger partial charge in [-0.1, -0.05) is 42.5 Å². The smallest absolute Gasteiger partial charge is 0.244 e. The maximum Gasteiger partial charge on any atom is 0.244 e. The van der Waals surface area contributed by atoms with Crippen LogP contribution >= 0.6 is 0 Å². The van der Waals surface area contributed by atoms with Crippen LogP contribution in [0, 0.1) is 0 Å². The molecule has 8 nitrogen and oxygen atoms in total. The molecule has 0 unspecified atom stereocenters. The zero-order valence-corrected chi connectivity index (χ0v) is 16.9. The molecular formula is C21H29N7O. The minimum absolute atomic E-state index is 0.0967. The summed E-state index contributed by atoms with van der Waals surface area (Å²) in [5, 5.41) is 11.9. The number of amides is 1. The molecule has 0 aliphatic carbocycles. The van der Waals surface area contributed by atoms with Gasteiger partial charge in [-0.25, -0.2) is 4.68 Å². The van der Waals surface area contributed by atoms with Crippen molar-refractivity contribution in [2.24, 2.45) is 0 Å². The first-order chi connectivity index (χ1) is 14.3. The highest BCUT2D eigenvalue weighted by atomic mass is 16.2. The maximum atomic E-state index is 12.7. The predicted molar refractivity (Wildman–Crippen MR) is 111 cm³/mol. The van der Waals surface area contributed by atoms with Crippen molar-refractivity contribution in [3.05, 3.63) is 47.8 Å². The number of hydrogen-bond donors (Lipinski definition) is 0. The third-order valence-electron chi connectivity index (χ3n) is 5.65. The summed E-state index contributed by atoms with van der Waals surface area (Å²) in [5.74, 6) is 0.879. The number of carbonyl (C=O) groups excluding carboxylic acids is 1. The van der Waals surface area contributed by atoms with E-state index in [1.165, 1.54) is 18.4 Å². The molecule has 0 N–H and O–H groups in total. The number of tetrazole rings is 1. The summed E-state index contributed by atoms with van der Waals surface area (Å²) >= 11 is 0. The first-order valence-corrected chi connectivity index (χ1v) is 10.5. The first kappa shape index (κ1) is 19.7. The van der Waals surface area contributed by atoms with Crippen molar-refractivity contribution in [1.29, 1.82) is 0 Å². The summed E-state index contributed by atoms with van der Waals surface area (Å²) in [6.45, 7) is 7.31. The van der Waals surface area contributed by atoms with Crippen LogP contribution in [0.4, 0.5) is 0 Å². The normalized spacial score (nSPS) is 18.7. The first-order valence-electron chi connectivity index (χ1n) is 10.5. The van der Waals surface area contributed by atoms with Gasteiger partial charge in [0.05, 0.1) is 6.54 Å². The summed E-state index contributed by atoms with van der Waals surface area (Å²) in [7, 11) is 0. The van der Waals surface area contributed by atoms with E-state index in [1.807, 2.05) is 23.1 Å². The highest BCUT2D eigenvalue weighted by molar-refractivity contribution is 5.76. The molecular weight excluding hydrogens is 366 g/mol. The second-order valence-electron chi connectivity index (χ2n) is 7.73. The number of nitrogens with zero attached hydrogens (tertiary/aromatic N) is 7. The van der Waals surface area contributed by atoms with Gasteiger partial charge >= 0.3 is 0 Å². The SMILES string of the molecule is O=C(Cn1nnnc1CN1CCCC1)N1CCN(CC=Cc2ccccc2)CC1. The number of rotatable bonds is 7. The van der Waals surface area contributed by atoms with Gasteiger partial charge in [-0.15, -0.1) is 5.10 Å². The number of piperazine rings is 1. The fraction of sp³-hybridized carbons (Fsp3) is 0.524. The fourth-order valence-corrected chi connectivity index (χ4v) is 3.91. The lowest BCUT2D eigenvalue weighted by Gasteiger charge is -2.34. The van der Waals surface area contributed by atoms with Gasteiger partial charge < -0.3 is 4.90 Å². The largest absolute Gasteiger partial charge is 0.339 e. The topological polar surface area (TPSA) is 70.4 Å². The van der Waals surface area contributed by atoms with E-state index in [4.69, 9.17) is 0 Å². The molecule has 0 bridgehead atoms. The molecule has 4 rings (SSSR count). The Morgan fingerprint density at radius 3 is 2.48 bits per heavy atom. The number of hydrogen-bond acceptors (Lipinski definition) is 6. The standard InChI is InChI=1S/C21H29N7O/c29-21(18-28-20(22-23-24-28)17-26-10-4-5-11-26)27-15-13-25(14-16-27)12-6-9-19-7-2-1-3-8-19/h1-3,6-9H,4-5,10-18H2. The van der Waals surface area contributed by atoms with Gasteiger partial charge in [-0.2, -0.15) is 0 Å². The molecule has 8 heteroatoms. The molecule has 0 spiro atoms. The van der Waals surface area contributed by atoms with E-state index in [0.717, 1.165) is 58.2 Å². The van der Waals surface area contributed by atoms with E-state index in [2.05, 4.69) is 49.6 Å². The second kappa shape index (κ2) is 9.76. The summed E-state index contributed by atoms with van der Waals surface area (Å²) in [4.78, 5) is 19.4. The Hall–Kier alpha value is -2.58. The lowest BCUT2D eigenvalue weighted by Crippen LogP contribution is -2.49. The van der Waals surface area contributed by atoms with Gasteiger partial charge in [0.25, 0.3) is 0 Å². The number of aromatic nitrogens is 4. The molecule has 0 radical (unpaired) electrons. The van der Waals surface area contributed by atoms with Crippen LogP contribution in [-0.4, -0.2) is 86.6 Å². The number of carbonyl (C=O) groups is 1. The van der Waals surface area contributed by atoms with E-state index in [9.17, 15) is 4.79 Å². The van der Waals surface area contributed by atoms with E-state index >= 15 is 0 Å². The third kappa shape index (κ3) is 5.48. The zero-order chi connectivity index (χ0) is 19.9. The molecule has 0 atom stereocenters. The average Bonchev–Trinajstić information content (AvgIpc) is 3.42. The van der Waals surface area contributed by atoms with Crippen LogP contribution in [0.3, 0.4) is 0 Å². The van der Waals surface area contributed by atoms with Crippen molar-refractivity contribution < 1.29 is 4.79 Å². The van der Waals surface area contributed by atoms with E-state index in [-0.39, 0.29) is 12.5 Å². The van der Waals surface area contributed by atoms with Gasteiger partial charge in [-0.3, -0.25) is 14.6 Å². The minimum atomic E-state index is 0.0967. The van der Waals surface area contributed by atoms with Crippen molar-refractivity contribution in [1.82, 2.24) is 34.9 Å². The Kier molecular flexibility index (Phi) is 6.63. The van der Waals surface area contributed by atoms with E-state index < -0.39 is 0 Å². The zero-order valence-electron chi connectivity index (χ0n) is 16.9.